The highest BCUT2D eigenvalue weighted by Crippen LogP contribution is 2.28. The molecule has 1 amide bonds. The molecular formula is C46H50N4O3. The lowest BCUT2D eigenvalue weighted by atomic mass is 9.90. The number of hydrogen-bond donors (Lipinski definition) is 4. The van der Waals surface area contributed by atoms with Crippen LogP contribution in [0.25, 0.3) is 22.3 Å². The molecular weight excluding hydrogens is 657 g/mol. The van der Waals surface area contributed by atoms with E-state index in [-0.39, 0.29) is 5.91 Å². The lowest BCUT2D eigenvalue weighted by molar-refractivity contribution is 0.0685. The first-order valence-electron chi connectivity index (χ1n) is 18.8. The number of aromatic amines is 2. The van der Waals surface area contributed by atoms with Crippen molar-refractivity contribution >= 4 is 11.9 Å². The van der Waals surface area contributed by atoms with Crippen molar-refractivity contribution in [2.75, 3.05) is 26.2 Å². The van der Waals surface area contributed by atoms with Crippen LogP contribution in [0.4, 0.5) is 0 Å². The van der Waals surface area contributed by atoms with Crippen molar-refractivity contribution in [2.45, 2.75) is 38.5 Å². The van der Waals surface area contributed by atoms with Gasteiger partial charge in [-0.2, -0.15) is 0 Å². The number of carbonyl (C=O) groups is 2. The standard InChI is InChI=1S/C23H24N2O.C12H17N.C11H9NO2/c26-23(22-17-24-16-21(22)20-9-5-2-6-10-20)25-13-11-19(12-14-25)15-18-7-3-1-4-8-18;1-2-4-11(5-3-1)10-12-6-8-13-9-7-12;13-11(14)10-7-12-6-9(10)8-4-2-1-3-5-8/h1-10,16-17,19,24H,11-15H2;1-5,12-13H,6-10H2;1-7,12H,(H,13,14). The number of nitrogens with zero attached hydrogens (tertiary/aromatic N) is 1. The highest BCUT2D eigenvalue weighted by atomic mass is 16.4. The van der Waals surface area contributed by atoms with Gasteiger partial charge in [0.15, 0.2) is 0 Å². The maximum atomic E-state index is 13.0. The molecule has 2 fully saturated rings. The van der Waals surface area contributed by atoms with Gasteiger partial charge in [0.25, 0.3) is 5.91 Å². The number of carbonyl (C=O) groups excluding carboxylic acids is 1. The summed E-state index contributed by atoms with van der Waals surface area (Å²) >= 11 is 0. The van der Waals surface area contributed by atoms with Gasteiger partial charge in [0.1, 0.15) is 0 Å². The van der Waals surface area contributed by atoms with E-state index in [1.54, 1.807) is 6.20 Å². The molecule has 2 saturated heterocycles. The molecule has 2 aromatic heterocycles. The molecule has 8 rings (SSSR count). The topological polar surface area (TPSA) is 101 Å². The second kappa shape index (κ2) is 19.3. The summed E-state index contributed by atoms with van der Waals surface area (Å²) in [5.41, 5.74) is 7.67. The highest BCUT2D eigenvalue weighted by Gasteiger charge is 2.26. The van der Waals surface area contributed by atoms with Crippen LogP contribution in [0.2, 0.25) is 0 Å². The summed E-state index contributed by atoms with van der Waals surface area (Å²) < 4.78 is 0. The van der Waals surface area contributed by atoms with Crippen LogP contribution in [-0.2, 0) is 12.8 Å². The van der Waals surface area contributed by atoms with Crippen LogP contribution >= 0.6 is 0 Å². The van der Waals surface area contributed by atoms with Crippen molar-refractivity contribution in [1.29, 1.82) is 0 Å². The molecule has 0 aliphatic carbocycles. The summed E-state index contributed by atoms with van der Waals surface area (Å²) in [6.45, 7) is 4.10. The summed E-state index contributed by atoms with van der Waals surface area (Å²) in [4.78, 5) is 31.8. The second-order valence-corrected chi connectivity index (χ2v) is 13.9. The van der Waals surface area contributed by atoms with Crippen molar-refractivity contribution in [3.8, 4) is 22.3 Å². The minimum Gasteiger partial charge on any atom is -0.478 e. The van der Waals surface area contributed by atoms with E-state index < -0.39 is 5.97 Å². The van der Waals surface area contributed by atoms with Crippen LogP contribution in [0.5, 0.6) is 0 Å². The van der Waals surface area contributed by atoms with Crippen molar-refractivity contribution in [1.82, 2.24) is 20.2 Å². The zero-order valence-electron chi connectivity index (χ0n) is 30.3. The largest absolute Gasteiger partial charge is 0.478 e. The van der Waals surface area contributed by atoms with Crippen LogP contribution < -0.4 is 5.32 Å². The van der Waals surface area contributed by atoms with Gasteiger partial charge >= 0.3 is 5.97 Å². The average Bonchev–Trinajstić information content (AvgIpc) is 3.92. The Balaban J connectivity index is 0.000000150. The van der Waals surface area contributed by atoms with Gasteiger partial charge in [-0.15, -0.1) is 0 Å². The number of carboxylic acid groups (broad SMARTS) is 1. The summed E-state index contributed by atoms with van der Waals surface area (Å²) in [6.07, 6.45) is 14.2. The van der Waals surface area contributed by atoms with Crippen molar-refractivity contribution in [2.24, 2.45) is 11.8 Å². The lowest BCUT2D eigenvalue weighted by Crippen LogP contribution is -2.39. The van der Waals surface area contributed by atoms with Crippen molar-refractivity contribution in [3.63, 3.8) is 0 Å². The van der Waals surface area contributed by atoms with Crippen LogP contribution in [-0.4, -0.2) is 58.0 Å². The summed E-state index contributed by atoms with van der Waals surface area (Å²) in [7, 11) is 0. The number of H-pyrrole nitrogens is 2. The summed E-state index contributed by atoms with van der Waals surface area (Å²) in [5.74, 6) is 0.804. The molecule has 4 N–H and O–H groups in total. The minimum absolute atomic E-state index is 0.142. The van der Waals surface area contributed by atoms with E-state index in [4.69, 9.17) is 5.11 Å². The zero-order valence-corrected chi connectivity index (χ0v) is 30.3. The number of nitrogens with one attached hydrogen (secondary N) is 3. The van der Waals surface area contributed by atoms with E-state index in [2.05, 4.69) is 75.9 Å². The van der Waals surface area contributed by atoms with Gasteiger partial charge in [0.2, 0.25) is 0 Å². The first-order valence-corrected chi connectivity index (χ1v) is 18.8. The molecule has 0 spiro atoms. The van der Waals surface area contributed by atoms with Gasteiger partial charge in [0, 0.05) is 49.0 Å². The van der Waals surface area contributed by atoms with Crippen LogP contribution in [0, 0.1) is 11.8 Å². The van der Waals surface area contributed by atoms with Gasteiger partial charge in [-0.05, 0) is 85.7 Å². The minimum atomic E-state index is -0.912. The van der Waals surface area contributed by atoms with Crippen molar-refractivity contribution in [3.05, 3.63) is 168 Å². The van der Waals surface area contributed by atoms with Crippen LogP contribution in [0.15, 0.2) is 146 Å². The Kier molecular flexibility index (Phi) is 13.5. The van der Waals surface area contributed by atoms with Crippen LogP contribution in [0.3, 0.4) is 0 Å². The molecule has 0 atom stereocenters. The Labute approximate surface area is 313 Å². The SMILES string of the molecule is O=C(O)c1c[nH]cc1-c1ccccc1.O=C(c1c[nH]cc1-c1ccccc1)N1CCC(Cc2ccccc2)CC1.c1ccc(CC2CCNCC2)cc1. The number of rotatable bonds is 8. The fourth-order valence-electron chi connectivity index (χ4n) is 7.29. The number of carboxylic acids is 1. The molecule has 0 radical (unpaired) electrons. The van der Waals surface area contributed by atoms with Gasteiger partial charge < -0.3 is 25.3 Å². The average molecular weight is 707 g/mol. The fraction of sp³-hybridized carbons (Fsp3) is 0.261. The van der Waals surface area contributed by atoms with E-state index in [1.165, 1.54) is 49.7 Å². The Morgan fingerprint density at radius 3 is 1.43 bits per heavy atom. The summed E-state index contributed by atoms with van der Waals surface area (Å²) in [6, 6.07) is 41.0. The summed E-state index contributed by atoms with van der Waals surface area (Å²) in [5, 5.41) is 12.3. The van der Waals surface area contributed by atoms with E-state index in [0.717, 1.165) is 66.1 Å². The van der Waals surface area contributed by atoms with Gasteiger partial charge in [-0.3, -0.25) is 4.79 Å². The number of amides is 1. The molecule has 53 heavy (non-hydrogen) atoms. The Morgan fingerprint density at radius 1 is 0.547 bits per heavy atom. The first kappa shape index (κ1) is 37.1. The predicted octanol–water partition coefficient (Wildman–Crippen LogP) is 9.39. The van der Waals surface area contributed by atoms with E-state index in [9.17, 15) is 9.59 Å². The number of piperidine rings is 2. The molecule has 0 saturated carbocycles. The van der Waals surface area contributed by atoms with E-state index in [1.807, 2.05) is 78.0 Å². The number of aromatic nitrogens is 2. The monoisotopic (exact) mass is 706 g/mol. The Bertz CT molecular complexity index is 1960. The molecule has 7 nitrogen and oxygen atoms in total. The van der Waals surface area contributed by atoms with E-state index in [0.29, 0.717) is 11.5 Å². The Morgan fingerprint density at radius 2 is 0.962 bits per heavy atom. The molecule has 4 heterocycles. The molecule has 2 aliphatic heterocycles. The number of benzene rings is 4. The zero-order chi connectivity index (χ0) is 36.7. The molecule has 7 heteroatoms. The third kappa shape index (κ3) is 10.7. The molecule has 4 aromatic carbocycles. The number of likely N-dealkylation sites (tertiary alicyclic amines) is 1. The molecule has 0 unspecified atom stereocenters. The number of hydrogen-bond acceptors (Lipinski definition) is 3. The molecule has 272 valence electrons. The fourth-order valence-corrected chi connectivity index (χ4v) is 7.29. The lowest BCUT2D eigenvalue weighted by Gasteiger charge is -2.32. The smallest absolute Gasteiger partial charge is 0.337 e. The highest BCUT2D eigenvalue weighted by molar-refractivity contribution is 6.01. The Hall–Kier alpha value is -5.66. The molecule has 2 aliphatic rings. The maximum Gasteiger partial charge on any atom is 0.337 e. The van der Waals surface area contributed by atoms with Gasteiger partial charge in [-0.25, -0.2) is 4.79 Å². The molecule has 6 aromatic rings. The second-order valence-electron chi connectivity index (χ2n) is 13.9. The normalized spacial score (nSPS) is 14.7. The van der Waals surface area contributed by atoms with Crippen molar-refractivity contribution < 1.29 is 14.7 Å². The van der Waals surface area contributed by atoms with Crippen LogP contribution in [0.1, 0.15) is 57.5 Å². The predicted molar refractivity (Wildman–Crippen MR) is 214 cm³/mol. The first-order chi connectivity index (χ1) is 26.0. The number of aromatic carboxylic acids is 1. The maximum absolute atomic E-state index is 13.0. The molecule has 0 bridgehead atoms. The van der Waals surface area contributed by atoms with Gasteiger partial charge in [0.05, 0.1) is 11.1 Å². The third-order valence-electron chi connectivity index (χ3n) is 10.2. The third-order valence-corrected chi connectivity index (χ3v) is 10.2. The van der Waals surface area contributed by atoms with Gasteiger partial charge in [-0.1, -0.05) is 121 Å². The quantitative estimate of drug-likeness (QED) is 0.127. The van der Waals surface area contributed by atoms with E-state index >= 15 is 0 Å².